The minimum atomic E-state index is -0.0107. The highest BCUT2D eigenvalue weighted by molar-refractivity contribution is 5.92. The van der Waals surface area contributed by atoms with Crippen molar-refractivity contribution in [2.24, 2.45) is 5.92 Å². The molecule has 1 aromatic rings. The summed E-state index contributed by atoms with van der Waals surface area (Å²) in [7, 11) is 4.16. The number of hydrogen-bond acceptors (Lipinski definition) is 6. The highest BCUT2D eigenvalue weighted by Gasteiger charge is 2.55. The summed E-state index contributed by atoms with van der Waals surface area (Å²) in [6, 6.07) is 0.621. The molecule has 0 unspecified atom stereocenters. The lowest BCUT2D eigenvalue weighted by molar-refractivity contribution is -0.0516. The van der Waals surface area contributed by atoms with Gasteiger partial charge in [0.1, 0.15) is 11.5 Å². The first kappa shape index (κ1) is 15.8. The van der Waals surface area contributed by atoms with Gasteiger partial charge in [-0.05, 0) is 33.4 Å². The summed E-state index contributed by atoms with van der Waals surface area (Å²) >= 11 is 0. The molecule has 1 aliphatic carbocycles. The monoisotopic (exact) mass is 331 g/mol. The second kappa shape index (κ2) is 6.29. The first-order valence-corrected chi connectivity index (χ1v) is 8.81. The molecule has 7 nitrogen and oxygen atoms in total. The molecule has 3 heterocycles. The predicted octanol–water partition coefficient (Wildman–Crippen LogP) is 0.842. The van der Waals surface area contributed by atoms with E-state index in [-0.39, 0.29) is 5.91 Å². The smallest absolute Gasteiger partial charge is 0.274 e. The largest absolute Gasteiger partial charge is 0.376 e. The maximum absolute atomic E-state index is 12.5. The molecule has 1 aromatic heterocycles. The number of nitrogens with one attached hydrogen (secondary N) is 1. The molecule has 3 aliphatic rings. The molecule has 0 spiro atoms. The van der Waals surface area contributed by atoms with Crippen LogP contribution in [-0.4, -0.2) is 77.7 Å². The van der Waals surface area contributed by atoms with Crippen molar-refractivity contribution in [2.75, 3.05) is 39.1 Å². The number of anilines is 1. The lowest BCUT2D eigenvalue weighted by Crippen LogP contribution is -2.66. The Morgan fingerprint density at radius 3 is 2.88 bits per heavy atom. The number of fused-ring (bicyclic) bond motifs is 1. The number of likely N-dealkylation sites (N-methyl/N-ethyl adjacent to an activating group) is 1. The Kier molecular flexibility index (Phi) is 4.14. The van der Waals surface area contributed by atoms with Crippen LogP contribution in [0.25, 0.3) is 0 Å². The van der Waals surface area contributed by atoms with E-state index in [4.69, 9.17) is 4.74 Å². The van der Waals surface area contributed by atoms with Gasteiger partial charge >= 0.3 is 0 Å². The van der Waals surface area contributed by atoms with E-state index in [1.54, 1.807) is 12.4 Å². The molecule has 0 radical (unpaired) electrons. The lowest BCUT2D eigenvalue weighted by Gasteiger charge is -2.50. The van der Waals surface area contributed by atoms with Crippen LogP contribution in [0.15, 0.2) is 12.4 Å². The van der Waals surface area contributed by atoms with E-state index in [1.807, 2.05) is 4.90 Å². The Hall–Kier alpha value is -1.73. The molecular weight excluding hydrogens is 306 g/mol. The molecule has 24 heavy (non-hydrogen) atoms. The van der Waals surface area contributed by atoms with Gasteiger partial charge in [0.25, 0.3) is 5.91 Å². The summed E-state index contributed by atoms with van der Waals surface area (Å²) in [6.45, 7) is 2.48. The van der Waals surface area contributed by atoms with Gasteiger partial charge in [-0.15, -0.1) is 0 Å². The van der Waals surface area contributed by atoms with Crippen LogP contribution in [0, 0.1) is 5.92 Å². The van der Waals surface area contributed by atoms with Crippen molar-refractivity contribution < 1.29 is 9.53 Å². The average Bonchev–Trinajstić information content (AvgIpc) is 3.22. The van der Waals surface area contributed by atoms with Gasteiger partial charge in [-0.25, -0.2) is 4.98 Å². The van der Waals surface area contributed by atoms with Crippen LogP contribution in [0.4, 0.5) is 5.82 Å². The van der Waals surface area contributed by atoms with Crippen molar-refractivity contribution in [1.82, 2.24) is 19.8 Å². The number of aromatic nitrogens is 2. The van der Waals surface area contributed by atoms with Gasteiger partial charge in [-0.3, -0.25) is 9.78 Å². The Bertz CT molecular complexity index is 617. The average molecular weight is 331 g/mol. The van der Waals surface area contributed by atoms with Gasteiger partial charge in [-0.1, -0.05) is 0 Å². The molecule has 3 fully saturated rings. The number of rotatable bonds is 4. The quantitative estimate of drug-likeness (QED) is 0.882. The Balaban J connectivity index is 1.48. The van der Waals surface area contributed by atoms with Crippen LogP contribution in [-0.2, 0) is 4.74 Å². The number of amides is 1. The molecule has 2 aliphatic heterocycles. The van der Waals surface area contributed by atoms with E-state index in [2.05, 4.69) is 34.3 Å². The molecule has 0 bridgehead atoms. The Morgan fingerprint density at radius 2 is 2.12 bits per heavy atom. The first-order valence-electron chi connectivity index (χ1n) is 8.81. The SMILES string of the molecule is CN(C)[C@@H]1[C@@H](Nc2cncc(C(=O)N3CCCC3)n2)[C@H]2CCO[C@H]21. The van der Waals surface area contributed by atoms with Gasteiger partial charge in [0.2, 0.25) is 0 Å². The summed E-state index contributed by atoms with van der Waals surface area (Å²) in [5, 5.41) is 3.50. The van der Waals surface area contributed by atoms with Crippen LogP contribution in [0.1, 0.15) is 29.8 Å². The molecule has 1 N–H and O–H groups in total. The zero-order valence-corrected chi connectivity index (χ0v) is 14.3. The van der Waals surface area contributed by atoms with Crippen LogP contribution in [0.5, 0.6) is 0 Å². The molecule has 1 amide bonds. The third kappa shape index (κ3) is 2.65. The van der Waals surface area contributed by atoms with Gasteiger partial charge in [0.15, 0.2) is 0 Å². The highest BCUT2D eigenvalue weighted by Crippen LogP contribution is 2.42. The minimum Gasteiger partial charge on any atom is -0.376 e. The topological polar surface area (TPSA) is 70.6 Å². The fourth-order valence-electron chi connectivity index (χ4n) is 4.27. The Labute approximate surface area is 142 Å². The Morgan fingerprint density at radius 1 is 1.33 bits per heavy atom. The third-order valence-electron chi connectivity index (χ3n) is 5.51. The maximum Gasteiger partial charge on any atom is 0.274 e. The van der Waals surface area contributed by atoms with Gasteiger partial charge in [0, 0.05) is 25.6 Å². The number of carbonyl (C=O) groups is 1. The molecule has 0 aromatic carbocycles. The van der Waals surface area contributed by atoms with Gasteiger partial charge in [0.05, 0.1) is 30.6 Å². The van der Waals surface area contributed by atoms with E-state index in [0.717, 1.165) is 39.0 Å². The number of hydrogen-bond donors (Lipinski definition) is 1. The fraction of sp³-hybridized carbons (Fsp3) is 0.706. The predicted molar refractivity (Wildman–Crippen MR) is 89.9 cm³/mol. The summed E-state index contributed by atoms with van der Waals surface area (Å²) < 4.78 is 5.84. The number of carbonyl (C=O) groups excluding carboxylic acids is 1. The van der Waals surface area contributed by atoms with Crippen molar-refractivity contribution >= 4 is 11.7 Å². The summed E-state index contributed by atoms with van der Waals surface area (Å²) in [4.78, 5) is 25.3. The number of ether oxygens (including phenoxy) is 1. The highest BCUT2D eigenvalue weighted by atomic mass is 16.5. The van der Waals surface area contributed by atoms with Gasteiger partial charge < -0.3 is 19.9 Å². The second-order valence-electron chi connectivity index (χ2n) is 7.20. The fourth-order valence-corrected chi connectivity index (χ4v) is 4.27. The normalized spacial score (nSPS) is 31.9. The first-order chi connectivity index (χ1) is 11.6. The minimum absolute atomic E-state index is 0.0107. The molecular formula is C17H25N5O2. The van der Waals surface area contributed by atoms with E-state index in [9.17, 15) is 4.79 Å². The number of nitrogens with zero attached hydrogens (tertiary/aromatic N) is 4. The lowest BCUT2D eigenvalue weighted by atomic mass is 9.71. The summed E-state index contributed by atoms with van der Waals surface area (Å²) in [6.07, 6.45) is 6.81. The van der Waals surface area contributed by atoms with Crippen molar-refractivity contribution in [2.45, 2.75) is 37.5 Å². The van der Waals surface area contributed by atoms with Crippen molar-refractivity contribution in [3.8, 4) is 0 Å². The maximum atomic E-state index is 12.5. The molecule has 2 saturated heterocycles. The van der Waals surface area contributed by atoms with Crippen LogP contribution in [0.3, 0.4) is 0 Å². The number of likely N-dealkylation sites (tertiary alicyclic amines) is 1. The molecule has 4 rings (SSSR count). The van der Waals surface area contributed by atoms with Crippen LogP contribution >= 0.6 is 0 Å². The molecule has 4 atom stereocenters. The van der Waals surface area contributed by atoms with E-state index < -0.39 is 0 Å². The van der Waals surface area contributed by atoms with Crippen molar-refractivity contribution in [3.05, 3.63) is 18.1 Å². The second-order valence-corrected chi connectivity index (χ2v) is 7.20. The third-order valence-corrected chi connectivity index (χ3v) is 5.51. The van der Waals surface area contributed by atoms with E-state index >= 15 is 0 Å². The summed E-state index contributed by atoms with van der Waals surface area (Å²) in [5.74, 6) is 1.18. The van der Waals surface area contributed by atoms with Crippen LogP contribution < -0.4 is 5.32 Å². The van der Waals surface area contributed by atoms with Crippen molar-refractivity contribution in [3.63, 3.8) is 0 Å². The van der Waals surface area contributed by atoms with E-state index in [0.29, 0.717) is 35.6 Å². The van der Waals surface area contributed by atoms with Crippen LogP contribution in [0.2, 0.25) is 0 Å². The van der Waals surface area contributed by atoms with Gasteiger partial charge in [-0.2, -0.15) is 0 Å². The van der Waals surface area contributed by atoms with E-state index in [1.165, 1.54) is 0 Å². The summed E-state index contributed by atoms with van der Waals surface area (Å²) in [5.41, 5.74) is 0.432. The molecule has 1 saturated carbocycles. The zero-order chi connectivity index (χ0) is 16.7. The van der Waals surface area contributed by atoms with Crippen molar-refractivity contribution in [1.29, 1.82) is 0 Å². The molecule has 7 heteroatoms. The zero-order valence-electron chi connectivity index (χ0n) is 14.3. The standard InChI is InChI=1S/C17H25N5O2/c1-21(2)15-14(11-5-8-24-16(11)15)20-13-10-18-9-12(19-13)17(23)22-6-3-4-7-22/h9-11,14-16H,3-8H2,1-2H3,(H,19,20)/t11-,14+,15-,16-/m1/s1. The molecule has 130 valence electrons.